The van der Waals surface area contributed by atoms with E-state index >= 15 is 0 Å². The average Bonchev–Trinajstić information content (AvgIpc) is 2.20. The zero-order chi connectivity index (χ0) is 10.2. The molecule has 0 aliphatic heterocycles. The second-order valence-corrected chi connectivity index (χ2v) is 4.18. The highest BCUT2D eigenvalue weighted by molar-refractivity contribution is 14.1. The molecule has 0 aliphatic rings. The van der Waals surface area contributed by atoms with Crippen molar-refractivity contribution in [2.75, 3.05) is 25.1 Å². The van der Waals surface area contributed by atoms with Crippen molar-refractivity contribution < 1.29 is 4.74 Å². The van der Waals surface area contributed by atoms with Crippen LogP contribution >= 0.6 is 22.6 Å². The van der Waals surface area contributed by atoms with Crippen LogP contribution in [-0.4, -0.2) is 19.8 Å². The summed E-state index contributed by atoms with van der Waals surface area (Å²) in [5.41, 5.74) is 1.19. The first-order valence-electron chi connectivity index (χ1n) is 4.90. The van der Waals surface area contributed by atoms with Crippen LogP contribution in [0.2, 0.25) is 0 Å². The van der Waals surface area contributed by atoms with E-state index in [9.17, 15) is 0 Å². The van der Waals surface area contributed by atoms with Crippen LogP contribution < -0.4 is 5.32 Å². The Bertz CT molecular complexity index is 265. The Morgan fingerprint density at radius 3 is 2.79 bits per heavy atom. The van der Waals surface area contributed by atoms with E-state index in [1.807, 2.05) is 12.1 Å². The summed E-state index contributed by atoms with van der Waals surface area (Å²) in [6.07, 6.45) is 1.09. The van der Waals surface area contributed by atoms with Gasteiger partial charge in [-0.3, -0.25) is 0 Å². The standard InChI is InChI=1S/C11H16INO/c1-2-8-14-9-7-13-11-6-4-3-5-10(11)12/h3-6,13H,2,7-9H2,1H3. The molecule has 0 heterocycles. The van der Waals surface area contributed by atoms with Crippen LogP contribution in [0.15, 0.2) is 24.3 Å². The molecule has 0 spiro atoms. The SMILES string of the molecule is CCCOCCNc1ccccc1I. The molecule has 78 valence electrons. The molecule has 0 atom stereocenters. The molecule has 3 heteroatoms. The lowest BCUT2D eigenvalue weighted by atomic mass is 10.3. The first kappa shape index (κ1) is 11.8. The van der Waals surface area contributed by atoms with Crippen LogP contribution in [0.4, 0.5) is 5.69 Å². The summed E-state index contributed by atoms with van der Waals surface area (Å²) in [7, 11) is 0. The highest BCUT2D eigenvalue weighted by atomic mass is 127. The van der Waals surface area contributed by atoms with E-state index in [1.165, 1.54) is 9.26 Å². The minimum Gasteiger partial charge on any atom is -0.382 e. The van der Waals surface area contributed by atoms with Crippen LogP contribution in [-0.2, 0) is 4.74 Å². The third kappa shape index (κ3) is 4.28. The lowest BCUT2D eigenvalue weighted by Crippen LogP contribution is -2.10. The van der Waals surface area contributed by atoms with Gasteiger partial charge in [-0.15, -0.1) is 0 Å². The van der Waals surface area contributed by atoms with E-state index in [4.69, 9.17) is 4.74 Å². The topological polar surface area (TPSA) is 21.3 Å². The summed E-state index contributed by atoms with van der Waals surface area (Å²) in [6, 6.07) is 8.26. The number of hydrogen-bond donors (Lipinski definition) is 1. The molecule has 0 saturated heterocycles. The van der Waals surface area contributed by atoms with Gasteiger partial charge in [0.05, 0.1) is 6.61 Å². The van der Waals surface area contributed by atoms with E-state index in [0.29, 0.717) is 0 Å². The summed E-state index contributed by atoms with van der Waals surface area (Å²) in [5.74, 6) is 0. The minimum atomic E-state index is 0.777. The van der Waals surface area contributed by atoms with Crippen LogP contribution in [0.1, 0.15) is 13.3 Å². The summed E-state index contributed by atoms with van der Waals surface area (Å²) in [5, 5.41) is 3.34. The Morgan fingerprint density at radius 1 is 1.29 bits per heavy atom. The molecule has 0 aliphatic carbocycles. The van der Waals surface area contributed by atoms with E-state index in [1.54, 1.807) is 0 Å². The molecule has 1 aromatic carbocycles. The largest absolute Gasteiger partial charge is 0.382 e. The molecule has 0 unspecified atom stereocenters. The molecular formula is C11H16INO. The third-order valence-corrected chi connectivity index (χ3v) is 2.72. The van der Waals surface area contributed by atoms with Gasteiger partial charge < -0.3 is 10.1 Å². The Labute approximate surface area is 99.2 Å². The average molecular weight is 305 g/mol. The first-order chi connectivity index (χ1) is 6.84. The fourth-order valence-corrected chi connectivity index (χ4v) is 1.69. The maximum Gasteiger partial charge on any atom is 0.0639 e. The van der Waals surface area contributed by atoms with Gasteiger partial charge >= 0.3 is 0 Å². The summed E-state index contributed by atoms with van der Waals surface area (Å²) in [6.45, 7) is 4.62. The highest BCUT2D eigenvalue weighted by Gasteiger charge is 1.95. The van der Waals surface area contributed by atoms with E-state index < -0.39 is 0 Å². The van der Waals surface area contributed by atoms with Gasteiger partial charge in [-0.1, -0.05) is 19.1 Å². The lowest BCUT2D eigenvalue weighted by Gasteiger charge is -2.08. The number of ether oxygens (including phenoxy) is 1. The van der Waals surface area contributed by atoms with Crippen molar-refractivity contribution in [3.05, 3.63) is 27.8 Å². The summed E-state index contributed by atoms with van der Waals surface area (Å²) in [4.78, 5) is 0. The molecule has 2 nitrogen and oxygen atoms in total. The van der Waals surface area contributed by atoms with Gasteiger partial charge in [-0.05, 0) is 41.1 Å². The molecule has 1 N–H and O–H groups in total. The molecule has 0 bridgehead atoms. The summed E-state index contributed by atoms with van der Waals surface area (Å²) >= 11 is 2.33. The number of benzene rings is 1. The van der Waals surface area contributed by atoms with E-state index in [-0.39, 0.29) is 0 Å². The van der Waals surface area contributed by atoms with Crippen LogP contribution in [0.25, 0.3) is 0 Å². The predicted octanol–water partition coefficient (Wildman–Crippen LogP) is 3.13. The molecule has 1 aromatic rings. The van der Waals surface area contributed by atoms with Gasteiger partial charge in [0.1, 0.15) is 0 Å². The fourth-order valence-electron chi connectivity index (χ4n) is 1.11. The number of hydrogen-bond acceptors (Lipinski definition) is 2. The van der Waals surface area contributed by atoms with E-state index in [2.05, 4.69) is 47.0 Å². The van der Waals surface area contributed by atoms with Crippen molar-refractivity contribution in [3.63, 3.8) is 0 Å². The van der Waals surface area contributed by atoms with Crippen molar-refractivity contribution in [2.45, 2.75) is 13.3 Å². The van der Waals surface area contributed by atoms with Gasteiger partial charge in [0.15, 0.2) is 0 Å². The number of para-hydroxylation sites is 1. The molecule has 0 radical (unpaired) electrons. The fraction of sp³-hybridized carbons (Fsp3) is 0.455. The second kappa shape index (κ2) is 7.06. The highest BCUT2D eigenvalue weighted by Crippen LogP contribution is 2.16. The first-order valence-corrected chi connectivity index (χ1v) is 5.98. The zero-order valence-corrected chi connectivity index (χ0v) is 10.6. The molecule has 0 aromatic heterocycles. The Balaban J connectivity index is 2.21. The minimum absolute atomic E-state index is 0.777. The third-order valence-electron chi connectivity index (χ3n) is 1.78. The Morgan fingerprint density at radius 2 is 2.07 bits per heavy atom. The van der Waals surface area contributed by atoms with Crippen LogP contribution in [0.5, 0.6) is 0 Å². The number of rotatable bonds is 6. The van der Waals surface area contributed by atoms with Crippen molar-refractivity contribution in [3.8, 4) is 0 Å². The van der Waals surface area contributed by atoms with Crippen molar-refractivity contribution >= 4 is 28.3 Å². The lowest BCUT2D eigenvalue weighted by molar-refractivity contribution is 0.144. The summed E-state index contributed by atoms with van der Waals surface area (Å²) < 4.78 is 6.63. The quantitative estimate of drug-likeness (QED) is 0.644. The van der Waals surface area contributed by atoms with Crippen molar-refractivity contribution in [1.82, 2.24) is 0 Å². The monoisotopic (exact) mass is 305 g/mol. The molecule has 0 amide bonds. The number of nitrogens with one attached hydrogen (secondary N) is 1. The smallest absolute Gasteiger partial charge is 0.0639 e. The number of halogens is 1. The molecular weight excluding hydrogens is 289 g/mol. The van der Waals surface area contributed by atoms with Crippen molar-refractivity contribution in [1.29, 1.82) is 0 Å². The molecule has 0 fully saturated rings. The van der Waals surface area contributed by atoms with Crippen molar-refractivity contribution in [2.24, 2.45) is 0 Å². The van der Waals surface area contributed by atoms with Gasteiger partial charge in [0.2, 0.25) is 0 Å². The Hall–Kier alpha value is -0.290. The normalized spacial score (nSPS) is 10.1. The molecule has 0 saturated carbocycles. The maximum atomic E-state index is 5.38. The van der Waals surface area contributed by atoms with Gasteiger partial charge in [-0.25, -0.2) is 0 Å². The van der Waals surface area contributed by atoms with Gasteiger partial charge in [0, 0.05) is 22.4 Å². The van der Waals surface area contributed by atoms with Crippen LogP contribution in [0, 0.1) is 3.57 Å². The van der Waals surface area contributed by atoms with Crippen LogP contribution in [0.3, 0.4) is 0 Å². The van der Waals surface area contributed by atoms with Gasteiger partial charge in [-0.2, -0.15) is 0 Å². The maximum absolute atomic E-state index is 5.38. The molecule has 14 heavy (non-hydrogen) atoms. The number of anilines is 1. The predicted molar refractivity (Wildman–Crippen MR) is 68.8 cm³/mol. The zero-order valence-electron chi connectivity index (χ0n) is 8.42. The van der Waals surface area contributed by atoms with Gasteiger partial charge in [0.25, 0.3) is 0 Å². The Kier molecular flexibility index (Phi) is 5.94. The van der Waals surface area contributed by atoms with E-state index in [0.717, 1.165) is 26.2 Å². The molecule has 1 rings (SSSR count). The second-order valence-electron chi connectivity index (χ2n) is 3.02.